The summed E-state index contributed by atoms with van der Waals surface area (Å²) in [6, 6.07) is 75.2. The zero-order chi connectivity index (χ0) is 36.3. The molecule has 0 N–H and O–H groups in total. The van der Waals surface area contributed by atoms with Gasteiger partial charge in [-0.15, -0.1) is 11.3 Å². The Morgan fingerprint density at radius 3 is 1.82 bits per heavy atom. The second-order valence-corrected chi connectivity index (χ2v) is 15.2. The monoisotopic (exact) mass is 718 g/mol. The highest BCUT2D eigenvalue weighted by Gasteiger charge is 2.18. The van der Waals surface area contributed by atoms with Crippen LogP contribution in [0.15, 0.2) is 206 Å². The SMILES string of the molecule is c1ccc(-c2ccc(N(c3cccc(-c4ccc5c6ccccc6n(-c6cccc7ccccc67)c5c4)c3)c3ccc4sc5ccccc5c4c3)cc2)cc1. The topological polar surface area (TPSA) is 8.17 Å². The second kappa shape index (κ2) is 12.9. The van der Waals surface area contributed by atoms with Crippen LogP contribution in [-0.2, 0) is 0 Å². The van der Waals surface area contributed by atoms with Crippen molar-refractivity contribution < 1.29 is 0 Å². The fourth-order valence-corrected chi connectivity index (χ4v) is 9.46. The number of hydrogen-bond donors (Lipinski definition) is 0. The van der Waals surface area contributed by atoms with Gasteiger partial charge in [0.1, 0.15) is 0 Å². The van der Waals surface area contributed by atoms with Gasteiger partial charge in [-0.1, -0.05) is 140 Å². The second-order valence-electron chi connectivity index (χ2n) is 14.2. The van der Waals surface area contributed by atoms with Crippen LogP contribution in [-0.4, -0.2) is 4.57 Å². The summed E-state index contributed by atoms with van der Waals surface area (Å²) < 4.78 is 5.06. The Labute approximate surface area is 323 Å². The van der Waals surface area contributed by atoms with E-state index < -0.39 is 0 Å². The van der Waals surface area contributed by atoms with Gasteiger partial charge in [0.2, 0.25) is 0 Å². The van der Waals surface area contributed by atoms with Crippen molar-refractivity contribution in [2.75, 3.05) is 4.90 Å². The van der Waals surface area contributed by atoms with Crippen molar-refractivity contribution in [3.63, 3.8) is 0 Å². The van der Waals surface area contributed by atoms with Gasteiger partial charge in [0.05, 0.1) is 16.7 Å². The molecule has 0 amide bonds. The first-order valence-electron chi connectivity index (χ1n) is 18.8. The molecule has 3 heteroatoms. The quantitative estimate of drug-likeness (QED) is 0.166. The van der Waals surface area contributed by atoms with E-state index in [1.165, 1.54) is 80.7 Å². The van der Waals surface area contributed by atoms with E-state index in [2.05, 4.69) is 216 Å². The molecular formula is C52H34N2S. The van der Waals surface area contributed by atoms with Crippen LogP contribution >= 0.6 is 11.3 Å². The Morgan fingerprint density at radius 1 is 0.327 bits per heavy atom. The van der Waals surface area contributed by atoms with Crippen molar-refractivity contribution in [1.29, 1.82) is 0 Å². The predicted octanol–water partition coefficient (Wildman–Crippen LogP) is 15.1. The maximum atomic E-state index is 2.45. The van der Waals surface area contributed by atoms with E-state index in [4.69, 9.17) is 0 Å². The molecule has 0 spiro atoms. The van der Waals surface area contributed by atoms with Gasteiger partial charge in [-0.05, 0) is 94.4 Å². The van der Waals surface area contributed by atoms with Crippen LogP contribution in [0.25, 0.3) is 80.7 Å². The van der Waals surface area contributed by atoms with E-state index in [9.17, 15) is 0 Å². The summed E-state index contributed by atoms with van der Waals surface area (Å²) in [6.07, 6.45) is 0. The largest absolute Gasteiger partial charge is 0.310 e. The lowest BCUT2D eigenvalue weighted by Crippen LogP contribution is -2.10. The number of benzene rings is 9. The number of fused-ring (bicyclic) bond motifs is 7. The van der Waals surface area contributed by atoms with Gasteiger partial charge in [-0.3, -0.25) is 0 Å². The molecular weight excluding hydrogens is 685 g/mol. The standard InChI is InChI=1S/C52H34N2S/c1-2-12-35(13-3-1)36-24-27-40(28-25-36)53(42-29-31-52-47(34-42)46-20-7-9-23-51(46)55-52)41-17-10-16-38(32-41)39-26-30-45-44-19-6-8-21-49(44)54(50(45)33-39)48-22-11-15-37-14-4-5-18-43(37)48/h1-34H. The lowest BCUT2D eigenvalue weighted by molar-refractivity contribution is 1.20. The van der Waals surface area contributed by atoms with Crippen molar-refractivity contribution in [2.24, 2.45) is 0 Å². The molecule has 2 nitrogen and oxygen atoms in total. The van der Waals surface area contributed by atoms with Gasteiger partial charge >= 0.3 is 0 Å². The maximum absolute atomic E-state index is 2.45. The highest BCUT2D eigenvalue weighted by atomic mass is 32.1. The number of thiophene rings is 1. The Morgan fingerprint density at radius 2 is 0.927 bits per heavy atom. The van der Waals surface area contributed by atoms with E-state index in [1.54, 1.807) is 0 Å². The zero-order valence-corrected chi connectivity index (χ0v) is 30.7. The zero-order valence-electron chi connectivity index (χ0n) is 29.9. The first-order chi connectivity index (χ1) is 27.3. The van der Waals surface area contributed by atoms with Crippen LogP contribution in [0.1, 0.15) is 0 Å². The summed E-state index contributed by atoms with van der Waals surface area (Å²) in [6.45, 7) is 0. The molecule has 0 fully saturated rings. The Hall–Kier alpha value is -6.94. The number of rotatable bonds is 6. The van der Waals surface area contributed by atoms with E-state index in [0.29, 0.717) is 0 Å². The lowest BCUT2D eigenvalue weighted by atomic mass is 10.0. The van der Waals surface area contributed by atoms with Crippen LogP contribution < -0.4 is 4.90 Å². The molecule has 258 valence electrons. The fourth-order valence-electron chi connectivity index (χ4n) is 8.37. The van der Waals surface area contributed by atoms with Crippen LogP contribution in [0.2, 0.25) is 0 Å². The summed E-state index contributed by atoms with van der Waals surface area (Å²) in [5.74, 6) is 0. The van der Waals surface area contributed by atoms with Gasteiger partial charge in [-0.25, -0.2) is 0 Å². The molecule has 0 aliphatic heterocycles. The summed E-state index contributed by atoms with van der Waals surface area (Å²) >= 11 is 1.85. The Bertz CT molecular complexity index is 3200. The summed E-state index contributed by atoms with van der Waals surface area (Å²) in [7, 11) is 0. The number of anilines is 3. The van der Waals surface area contributed by atoms with E-state index >= 15 is 0 Å². The molecule has 2 aromatic heterocycles. The normalized spacial score (nSPS) is 11.6. The molecule has 9 aromatic carbocycles. The molecule has 0 atom stereocenters. The van der Waals surface area contributed by atoms with Crippen molar-refractivity contribution in [2.45, 2.75) is 0 Å². The average molecular weight is 719 g/mol. The number of nitrogens with zero attached hydrogens (tertiary/aromatic N) is 2. The molecule has 55 heavy (non-hydrogen) atoms. The minimum absolute atomic E-state index is 1.11. The van der Waals surface area contributed by atoms with Crippen molar-refractivity contribution in [3.05, 3.63) is 206 Å². The molecule has 2 heterocycles. The van der Waals surface area contributed by atoms with E-state index in [-0.39, 0.29) is 0 Å². The smallest absolute Gasteiger partial charge is 0.0547 e. The highest BCUT2D eigenvalue weighted by Crippen LogP contribution is 2.43. The Balaban J connectivity index is 1.08. The molecule has 0 radical (unpaired) electrons. The van der Waals surface area contributed by atoms with Gasteiger partial charge in [0.15, 0.2) is 0 Å². The molecule has 0 bridgehead atoms. The molecule has 11 aromatic rings. The minimum Gasteiger partial charge on any atom is -0.310 e. The van der Waals surface area contributed by atoms with Crippen LogP contribution in [0.5, 0.6) is 0 Å². The molecule has 0 aliphatic carbocycles. The third-order valence-electron chi connectivity index (χ3n) is 11.0. The summed E-state index contributed by atoms with van der Waals surface area (Å²) in [5.41, 5.74) is 11.7. The van der Waals surface area contributed by atoms with Crippen LogP contribution in [0.4, 0.5) is 17.1 Å². The van der Waals surface area contributed by atoms with Gasteiger partial charge < -0.3 is 9.47 Å². The third kappa shape index (κ3) is 5.32. The van der Waals surface area contributed by atoms with Crippen LogP contribution in [0.3, 0.4) is 0 Å². The molecule has 0 saturated heterocycles. The first kappa shape index (κ1) is 31.6. The molecule has 0 saturated carbocycles. The van der Waals surface area contributed by atoms with Crippen molar-refractivity contribution >= 4 is 81.1 Å². The van der Waals surface area contributed by atoms with E-state index in [1.807, 2.05) is 11.3 Å². The average Bonchev–Trinajstić information content (AvgIpc) is 3.79. The lowest BCUT2D eigenvalue weighted by Gasteiger charge is -2.26. The van der Waals surface area contributed by atoms with Gasteiger partial charge in [0.25, 0.3) is 0 Å². The van der Waals surface area contributed by atoms with Gasteiger partial charge in [-0.2, -0.15) is 0 Å². The van der Waals surface area contributed by atoms with E-state index in [0.717, 1.165) is 17.1 Å². The predicted molar refractivity (Wildman–Crippen MR) is 237 cm³/mol. The van der Waals surface area contributed by atoms with Crippen molar-refractivity contribution in [3.8, 4) is 27.9 Å². The van der Waals surface area contributed by atoms with Crippen LogP contribution in [0, 0.1) is 0 Å². The third-order valence-corrected chi connectivity index (χ3v) is 12.1. The molecule has 0 unspecified atom stereocenters. The van der Waals surface area contributed by atoms with Gasteiger partial charge in [0, 0.05) is 53.4 Å². The molecule has 11 rings (SSSR count). The fraction of sp³-hybridized carbons (Fsp3) is 0. The molecule has 0 aliphatic rings. The summed E-state index contributed by atoms with van der Waals surface area (Å²) in [4.78, 5) is 2.40. The number of para-hydroxylation sites is 1. The number of aromatic nitrogens is 1. The minimum atomic E-state index is 1.11. The van der Waals surface area contributed by atoms with Crippen molar-refractivity contribution in [1.82, 2.24) is 4.57 Å². The Kier molecular flexibility index (Phi) is 7.39. The maximum Gasteiger partial charge on any atom is 0.0547 e. The first-order valence-corrected chi connectivity index (χ1v) is 19.6. The highest BCUT2D eigenvalue weighted by molar-refractivity contribution is 7.25. The summed E-state index contributed by atoms with van der Waals surface area (Å²) in [5, 5.41) is 7.57. The number of hydrogen-bond acceptors (Lipinski definition) is 2.